The van der Waals surface area contributed by atoms with Crippen LogP contribution in [-0.4, -0.2) is 41.0 Å². The van der Waals surface area contributed by atoms with E-state index >= 15 is 0 Å². The van der Waals surface area contributed by atoms with Crippen LogP contribution in [0, 0.1) is 11.7 Å². The summed E-state index contributed by atoms with van der Waals surface area (Å²) >= 11 is 0. The molecule has 1 saturated heterocycles. The summed E-state index contributed by atoms with van der Waals surface area (Å²) in [5.41, 5.74) is 0.189. The van der Waals surface area contributed by atoms with Crippen LogP contribution >= 0.6 is 0 Å². The van der Waals surface area contributed by atoms with E-state index in [1.807, 2.05) is 18.9 Å². The third kappa shape index (κ3) is 2.70. The molecule has 0 bridgehead atoms. The molecule has 22 heavy (non-hydrogen) atoms. The standard InChI is InChI=1S/C16H20FN3O2/c1-16(12-5-6-12)14(21)20(15(22)18-16)10-19(2)9-11-3-7-13(17)8-4-11/h3-4,7-8,12H,5-6,9-10H2,1-2H3,(H,18,22). The van der Waals surface area contributed by atoms with Gasteiger partial charge >= 0.3 is 6.03 Å². The number of nitrogens with zero attached hydrogens (tertiary/aromatic N) is 2. The molecule has 118 valence electrons. The van der Waals surface area contributed by atoms with Crippen LogP contribution in [-0.2, 0) is 11.3 Å². The zero-order chi connectivity index (χ0) is 15.9. The van der Waals surface area contributed by atoms with Crippen molar-refractivity contribution in [3.8, 4) is 0 Å². The van der Waals surface area contributed by atoms with Crippen molar-refractivity contribution in [1.82, 2.24) is 15.1 Å². The first-order valence-corrected chi connectivity index (χ1v) is 7.47. The van der Waals surface area contributed by atoms with E-state index in [0.717, 1.165) is 18.4 Å². The van der Waals surface area contributed by atoms with E-state index in [9.17, 15) is 14.0 Å². The van der Waals surface area contributed by atoms with Crippen molar-refractivity contribution >= 4 is 11.9 Å². The average Bonchev–Trinajstić information content (AvgIpc) is 3.28. The molecule has 3 rings (SSSR count). The first kappa shape index (κ1) is 15.0. The Morgan fingerprint density at radius 1 is 1.32 bits per heavy atom. The number of rotatable bonds is 5. The molecule has 1 N–H and O–H groups in total. The molecule has 0 spiro atoms. The van der Waals surface area contributed by atoms with Crippen LogP contribution < -0.4 is 5.32 Å². The van der Waals surface area contributed by atoms with Gasteiger partial charge in [0, 0.05) is 6.54 Å². The lowest BCUT2D eigenvalue weighted by Crippen LogP contribution is -2.46. The van der Waals surface area contributed by atoms with E-state index in [0.29, 0.717) is 6.54 Å². The van der Waals surface area contributed by atoms with Crippen molar-refractivity contribution in [2.24, 2.45) is 5.92 Å². The Labute approximate surface area is 129 Å². The fourth-order valence-corrected chi connectivity index (χ4v) is 2.97. The molecule has 1 heterocycles. The first-order valence-electron chi connectivity index (χ1n) is 7.47. The number of carbonyl (C=O) groups is 2. The summed E-state index contributed by atoms with van der Waals surface area (Å²) < 4.78 is 12.9. The van der Waals surface area contributed by atoms with Gasteiger partial charge in [-0.1, -0.05) is 12.1 Å². The maximum absolute atomic E-state index is 12.9. The van der Waals surface area contributed by atoms with Crippen LogP contribution in [0.25, 0.3) is 0 Å². The third-order valence-corrected chi connectivity index (χ3v) is 4.44. The summed E-state index contributed by atoms with van der Waals surface area (Å²) in [7, 11) is 1.83. The van der Waals surface area contributed by atoms with Gasteiger partial charge in [-0.25, -0.2) is 14.1 Å². The van der Waals surface area contributed by atoms with Crippen LogP contribution in [0.1, 0.15) is 25.3 Å². The molecule has 6 heteroatoms. The van der Waals surface area contributed by atoms with Crippen LogP contribution in [0.2, 0.25) is 0 Å². The number of halogens is 1. The summed E-state index contributed by atoms with van der Waals surface area (Å²) in [5, 5.41) is 2.83. The molecule has 1 unspecified atom stereocenters. The van der Waals surface area contributed by atoms with Crippen LogP contribution in [0.3, 0.4) is 0 Å². The lowest BCUT2D eigenvalue weighted by molar-refractivity contribution is -0.132. The van der Waals surface area contributed by atoms with Gasteiger partial charge < -0.3 is 5.32 Å². The molecular formula is C16H20FN3O2. The predicted molar refractivity (Wildman–Crippen MR) is 79.2 cm³/mol. The number of urea groups is 1. The smallest absolute Gasteiger partial charge is 0.323 e. The first-order chi connectivity index (χ1) is 10.4. The molecule has 1 aliphatic heterocycles. The van der Waals surface area contributed by atoms with Crippen molar-refractivity contribution < 1.29 is 14.0 Å². The Balaban J connectivity index is 1.63. The molecule has 0 aromatic heterocycles. The second kappa shape index (κ2) is 5.35. The van der Waals surface area contributed by atoms with Gasteiger partial charge in [-0.3, -0.25) is 9.69 Å². The van der Waals surface area contributed by atoms with Gasteiger partial charge in [0.05, 0.1) is 6.67 Å². The van der Waals surface area contributed by atoms with Gasteiger partial charge in [0.1, 0.15) is 11.4 Å². The van der Waals surface area contributed by atoms with Crippen molar-refractivity contribution in [1.29, 1.82) is 0 Å². The molecule has 2 fully saturated rings. The lowest BCUT2D eigenvalue weighted by atomic mass is 9.96. The fourth-order valence-electron chi connectivity index (χ4n) is 2.97. The van der Waals surface area contributed by atoms with Crippen molar-refractivity contribution in [3.63, 3.8) is 0 Å². The summed E-state index contributed by atoms with van der Waals surface area (Å²) in [6.45, 7) is 2.58. The van der Waals surface area contributed by atoms with Gasteiger partial charge in [0.25, 0.3) is 5.91 Å². The molecule has 2 aliphatic rings. The molecule has 0 radical (unpaired) electrons. The van der Waals surface area contributed by atoms with Gasteiger partial charge in [-0.05, 0) is 50.4 Å². The Kier molecular flexibility index (Phi) is 3.64. The van der Waals surface area contributed by atoms with E-state index in [1.165, 1.54) is 17.0 Å². The lowest BCUT2D eigenvalue weighted by Gasteiger charge is -2.24. The van der Waals surface area contributed by atoms with Crippen LogP contribution in [0.4, 0.5) is 9.18 Å². The predicted octanol–water partition coefficient (Wildman–Crippen LogP) is 1.94. The number of benzene rings is 1. The SMILES string of the molecule is CN(Cc1ccc(F)cc1)CN1C(=O)NC(C)(C2CC2)C1=O. The number of amides is 3. The average molecular weight is 305 g/mol. The van der Waals surface area contributed by atoms with Crippen molar-refractivity contribution in [2.75, 3.05) is 13.7 Å². The highest BCUT2D eigenvalue weighted by Crippen LogP contribution is 2.42. The fraction of sp³-hybridized carbons (Fsp3) is 0.500. The van der Waals surface area contributed by atoms with Crippen LogP contribution in [0.5, 0.6) is 0 Å². The number of hydrogen-bond acceptors (Lipinski definition) is 3. The van der Waals surface area contributed by atoms with Gasteiger partial charge in [0.15, 0.2) is 0 Å². The van der Waals surface area contributed by atoms with Gasteiger partial charge in [-0.15, -0.1) is 0 Å². The minimum atomic E-state index is -0.742. The monoisotopic (exact) mass is 305 g/mol. The van der Waals surface area contributed by atoms with E-state index in [1.54, 1.807) is 12.1 Å². The van der Waals surface area contributed by atoms with Gasteiger partial charge in [0.2, 0.25) is 0 Å². The Hall–Kier alpha value is -1.95. The maximum atomic E-state index is 12.9. The molecule has 3 amide bonds. The molecule has 1 aromatic carbocycles. The Bertz CT molecular complexity index is 600. The normalized spacial score (nSPS) is 25.0. The summed E-state index contributed by atoms with van der Waals surface area (Å²) in [6.07, 6.45) is 1.98. The third-order valence-electron chi connectivity index (χ3n) is 4.44. The largest absolute Gasteiger partial charge is 0.326 e. The zero-order valence-electron chi connectivity index (χ0n) is 12.8. The molecular weight excluding hydrogens is 285 g/mol. The topological polar surface area (TPSA) is 52.6 Å². The minimum absolute atomic E-state index is 0.147. The van der Waals surface area contributed by atoms with E-state index < -0.39 is 5.54 Å². The Morgan fingerprint density at radius 2 is 1.95 bits per heavy atom. The number of nitrogens with one attached hydrogen (secondary N) is 1. The Morgan fingerprint density at radius 3 is 2.55 bits per heavy atom. The minimum Gasteiger partial charge on any atom is -0.323 e. The highest BCUT2D eigenvalue weighted by atomic mass is 19.1. The molecule has 1 saturated carbocycles. The number of imide groups is 1. The summed E-state index contributed by atoms with van der Waals surface area (Å²) in [5.74, 6) is -0.164. The molecule has 1 aromatic rings. The second-order valence-corrected chi connectivity index (χ2v) is 6.42. The summed E-state index contributed by atoms with van der Waals surface area (Å²) in [4.78, 5) is 27.7. The highest BCUT2D eigenvalue weighted by molar-refractivity contribution is 6.07. The quantitative estimate of drug-likeness (QED) is 0.846. The van der Waals surface area contributed by atoms with E-state index in [4.69, 9.17) is 0 Å². The van der Waals surface area contributed by atoms with Crippen LogP contribution in [0.15, 0.2) is 24.3 Å². The number of hydrogen-bond donors (Lipinski definition) is 1. The van der Waals surface area contributed by atoms with Crippen molar-refractivity contribution in [2.45, 2.75) is 31.8 Å². The molecule has 5 nitrogen and oxygen atoms in total. The highest BCUT2D eigenvalue weighted by Gasteiger charge is 2.55. The summed E-state index contributed by atoms with van der Waals surface area (Å²) in [6, 6.07) is 5.88. The maximum Gasteiger partial charge on any atom is 0.326 e. The van der Waals surface area contributed by atoms with E-state index in [-0.39, 0.29) is 30.3 Å². The molecule has 1 atom stereocenters. The van der Waals surface area contributed by atoms with Gasteiger partial charge in [-0.2, -0.15) is 0 Å². The number of carbonyl (C=O) groups excluding carboxylic acids is 2. The molecule has 1 aliphatic carbocycles. The van der Waals surface area contributed by atoms with Crippen molar-refractivity contribution in [3.05, 3.63) is 35.6 Å². The van der Waals surface area contributed by atoms with E-state index in [2.05, 4.69) is 5.32 Å². The zero-order valence-corrected chi connectivity index (χ0v) is 12.8. The second-order valence-electron chi connectivity index (χ2n) is 6.42.